The first-order valence-corrected chi connectivity index (χ1v) is 10.9. The number of hydrogen-bond donors (Lipinski definition) is 0. The lowest BCUT2D eigenvalue weighted by atomic mass is 9.87. The third-order valence-electron chi connectivity index (χ3n) is 5.04. The molecule has 2 aromatic carbocycles. The van der Waals surface area contributed by atoms with Gasteiger partial charge >= 0.3 is 0 Å². The normalized spacial score (nSPS) is 11.5. The summed E-state index contributed by atoms with van der Waals surface area (Å²) in [6.07, 6.45) is 0. The molecule has 0 fully saturated rings. The molecule has 0 atom stereocenters. The minimum Gasteiger partial charge on any atom is -0.484 e. The van der Waals surface area contributed by atoms with E-state index < -0.39 is 0 Å². The van der Waals surface area contributed by atoms with Crippen LogP contribution in [0.15, 0.2) is 45.3 Å². The van der Waals surface area contributed by atoms with Crippen molar-refractivity contribution in [1.82, 2.24) is 15.1 Å². The molecule has 3 aromatic rings. The molecule has 0 saturated carbocycles. The molecule has 0 aliphatic heterocycles. The summed E-state index contributed by atoms with van der Waals surface area (Å²) in [5.74, 6) is 1.31. The van der Waals surface area contributed by atoms with Crippen LogP contribution in [-0.2, 0) is 16.8 Å². The molecular formula is C24H28BrN3O3. The van der Waals surface area contributed by atoms with E-state index >= 15 is 0 Å². The van der Waals surface area contributed by atoms with Crippen LogP contribution < -0.4 is 4.74 Å². The summed E-state index contributed by atoms with van der Waals surface area (Å²) in [6, 6.07) is 11.9. The first kappa shape index (κ1) is 23.0. The maximum absolute atomic E-state index is 12.5. The molecule has 31 heavy (non-hydrogen) atoms. The second-order valence-electron chi connectivity index (χ2n) is 8.74. The van der Waals surface area contributed by atoms with Crippen molar-refractivity contribution in [3.63, 3.8) is 0 Å². The summed E-state index contributed by atoms with van der Waals surface area (Å²) < 4.78 is 12.5. The Labute approximate surface area is 191 Å². The molecule has 0 saturated heterocycles. The maximum Gasteiger partial charge on any atom is 0.260 e. The van der Waals surface area contributed by atoms with Crippen molar-refractivity contribution < 1.29 is 13.9 Å². The zero-order valence-electron chi connectivity index (χ0n) is 18.8. The average Bonchev–Trinajstić information content (AvgIpc) is 3.18. The average molecular weight is 486 g/mol. The summed E-state index contributed by atoms with van der Waals surface area (Å²) in [5, 5.41) is 8.20. The van der Waals surface area contributed by atoms with Crippen LogP contribution in [0.25, 0.3) is 11.5 Å². The van der Waals surface area contributed by atoms with Crippen LogP contribution in [0.5, 0.6) is 5.75 Å². The predicted molar refractivity (Wildman–Crippen MR) is 124 cm³/mol. The predicted octanol–water partition coefficient (Wildman–Crippen LogP) is 5.45. The number of ether oxygens (including phenoxy) is 1. The van der Waals surface area contributed by atoms with Gasteiger partial charge in [-0.05, 0) is 60.2 Å². The van der Waals surface area contributed by atoms with Gasteiger partial charge in [0.15, 0.2) is 6.61 Å². The number of rotatable bonds is 6. The Morgan fingerprint density at radius 3 is 2.29 bits per heavy atom. The highest BCUT2D eigenvalue weighted by Gasteiger charge is 2.17. The van der Waals surface area contributed by atoms with Crippen LogP contribution in [0.3, 0.4) is 0 Å². The monoisotopic (exact) mass is 485 g/mol. The lowest BCUT2D eigenvalue weighted by Gasteiger charge is -2.18. The van der Waals surface area contributed by atoms with E-state index in [9.17, 15) is 4.79 Å². The number of amides is 1. The van der Waals surface area contributed by atoms with Gasteiger partial charge in [-0.15, -0.1) is 10.2 Å². The van der Waals surface area contributed by atoms with E-state index in [1.54, 1.807) is 7.05 Å². The summed E-state index contributed by atoms with van der Waals surface area (Å²) in [7, 11) is 1.69. The Morgan fingerprint density at radius 2 is 1.71 bits per heavy atom. The lowest BCUT2D eigenvalue weighted by molar-refractivity contribution is -0.132. The van der Waals surface area contributed by atoms with E-state index in [4.69, 9.17) is 9.15 Å². The topological polar surface area (TPSA) is 68.5 Å². The van der Waals surface area contributed by atoms with Gasteiger partial charge in [-0.2, -0.15) is 0 Å². The lowest BCUT2D eigenvalue weighted by Crippen LogP contribution is -2.31. The third-order valence-corrected chi connectivity index (χ3v) is 6.29. The molecule has 0 aliphatic rings. The van der Waals surface area contributed by atoms with E-state index in [-0.39, 0.29) is 24.5 Å². The summed E-state index contributed by atoms with van der Waals surface area (Å²) >= 11 is 3.53. The van der Waals surface area contributed by atoms with Crippen molar-refractivity contribution in [2.45, 2.75) is 46.6 Å². The Kier molecular flexibility index (Phi) is 6.84. The van der Waals surface area contributed by atoms with Gasteiger partial charge < -0.3 is 14.1 Å². The zero-order chi connectivity index (χ0) is 22.8. The molecule has 3 rings (SSSR count). The van der Waals surface area contributed by atoms with Gasteiger partial charge in [-0.1, -0.05) is 48.8 Å². The number of benzene rings is 2. The first-order chi connectivity index (χ1) is 14.5. The van der Waals surface area contributed by atoms with E-state index in [0.29, 0.717) is 17.5 Å². The molecule has 1 aromatic heterocycles. The molecule has 1 amide bonds. The third kappa shape index (κ3) is 5.73. The van der Waals surface area contributed by atoms with Crippen molar-refractivity contribution >= 4 is 21.8 Å². The SMILES string of the molecule is Cc1cc(OCC(=O)N(C)Cc2nnc(-c3ccc(C(C)(C)C)cc3)o2)cc(C)c1Br. The zero-order valence-corrected chi connectivity index (χ0v) is 20.4. The fourth-order valence-corrected chi connectivity index (χ4v) is 3.31. The fraction of sp³-hybridized carbons (Fsp3) is 0.375. The molecule has 7 heteroatoms. The van der Waals surface area contributed by atoms with Gasteiger partial charge in [0.1, 0.15) is 5.75 Å². The van der Waals surface area contributed by atoms with Gasteiger partial charge in [-0.25, -0.2) is 0 Å². The minimum atomic E-state index is -0.174. The molecule has 0 aliphatic carbocycles. The van der Waals surface area contributed by atoms with Crippen LogP contribution in [0.2, 0.25) is 0 Å². The van der Waals surface area contributed by atoms with Gasteiger partial charge in [0.25, 0.3) is 5.91 Å². The van der Waals surface area contributed by atoms with Crippen molar-refractivity contribution in [3.8, 4) is 17.2 Å². The van der Waals surface area contributed by atoms with E-state index in [1.165, 1.54) is 10.5 Å². The summed E-state index contributed by atoms with van der Waals surface area (Å²) in [4.78, 5) is 14.0. The number of likely N-dealkylation sites (N-methyl/N-ethyl adjacent to an activating group) is 1. The van der Waals surface area contributed by atoms with E-state index in [0.717, 1.165) is 21.2 Å². The molecule has 0 bridgehead atoms. The quantitative estimate of drug-likeness (QED) is 0.464. The van der Waals surface area contributed by atoms with Gasteiger partial charge in [-0.3, -0.25) is 4.79 Å². The molecular weight excluding hydrogens is 458 g/mol. The first-order valence-electron chi connectivity index (χ1n) is 10.1. The largest absolute Gasteiger partial charge is 0.484 e. The highest BCUT2D eigenvalue weighted by molar-refractivity contribution is 9.10. The highest BCUT2D eigenvalue weighted by atomic mass is 79.9. The number of hydrogen-bond acceptors (Lipinski definition) is 5. The molecule has 0 spiro atoms. The van der Waals surface area contributed by atoms with Crippen molar-refractivity contribution in [2.24, 2.45) is 0 Å². The van der Waals surface area contributed by atoms with Crippen LogP contribution in [0, 0.1) is 13.8 Å². The number of aryl methyl sites for hydroxylation is 2. The Balaban J connectivity index is 1.59. The number of carbonyl (C=O) groups is 1. The molecule has 6 nitrogen and oxygen atoms in total. The van der Waals surface area contributed by atoms with Gasteiger partial charge in [0.2, 0.25) is 11.8 Å². The Bertz CT molecular complexity index is 1050. The summed E-state index contributed by atoms with van der Waals surface area (Å²) in [5.41, 5.74) is 4.29. The van der Waals surface area contributed by atoms with Crippen molar-refractivity contribution in [2.75, 3.05) is 13.7 Å². The number of carbonyl (C=O) groups excluding carboxylic acids is 1. The number of aromatic nitrogens is 2. The van der Waals surface area contributed by atoms with Crippen LogP contribution in [0.4, 0.5) is 0 Å². The number of nitrogens with zero attached hydrogens (tertiary/aromatic N) is 3. The maximum atomic E-state index is 12.5. The van der Waals surface area contributed by atoms with E-state index in [2.05, 4.69) is 59.0 Å². The van der Waals surface area contributed by atoms with Crippen LogP contribution >= 0.6 is 15.9 Å². The van der Waals surface area contributed by atoms with Crippen LogP contribution in [-0.4, -0.2) is 34.7 Å². The molecule has 1 heterocycles. The van der Waals surface area contributed by atoms with Gasteiger partial charge in [0.05, 0.1) is 6.54 Å². The standard InChI is InChI=1S/C24H28BrN3O3/c1-15-11-19(12-16(2)22(15)25)30-14-21(29)28(6)13-20-26-27-23(31-20)17-7-9-18(10-8-17)24(3,4)5/h7-12H,13-14H2,1-6H3. The molecule has 0 unspecified atom stereocenters. The van der Waals surface area contributed by atoms with E-state index in [1.807, 2.05) is 38.1 Å². The van der Waals surface area contributed by atoms with Crippen molar-refractivity contribution in [1.29, 1.82) is 0 Å². The summed E-state index contributed by atoms with van der Waals surface area (Å²) in [6.45, 7) is 10.6. The smallest absolute Gasteiger partial charge is 0.260 e. The molecule has 164 valence electrons. The second kappa shape index (κ2) is 9.22. The Hall–Kier alpha value is -2.67. The van der Waals surface area contributed by atoms with Gasteiger partial charge in [0, 0.05) is 17.1 Å². The van der Waals surface area contributed by atoms with Crippen LogP contribution in [0.1, 0.15) is 43.4 Å². The highest BCUT2D eigenvalue weighted by Crippen LogP contribution is 2.27. The fourth-order valence-electron chi connectivity index (χ4n) is 3.08. The second-order valence-corrected chi connectivity index (χ2v) is 9.53. The number of halogens is 1. The minimum absolute atomic E-state index is 0.0632. The Morgan fingerprint density at radius 1 is 1.10 bits per heavy atom. The molecule has 0 N–H and O–H groups in total. The van der Waals surface area contributed by atoms with Crippen molar-refractivity contribution in [3.05, 3.63) is 63.5 Å². The molecule has 0 radical (unpaired) electrons.